The van der Waals surface area contributed by atoms with Crippen molar-refractivity contribution in [2.24, 2.45) is 5.92 Å². The first-order chi connectivity index (χ1) is 18.4. The molecule has 1 aromatic heterocycles. The maximum absolute atomic E-state index is 13.7. The molecule has 38 heavy (non-hydrogen) atoms. The van der Waals surface area contributed by atoms with E-state index in [0.29, 0.717) is 37.6 Å². The van der Waals surface area contributed by atoms with E-state index in [2.05, 4.69) is 31.7 Å². The van der Waals surface area contributed by atoms with Crippen LogP contribution in [0, 0.1) is 12.8 Å². The molecule has 0 aliphatic heterocycles. The molecule has 0 radical (unpaired) electrons. The molecule has 0 bridgehead atoms. The molecular formula is C31H36N2O4S. The van der Waals surface area contributed by atoms with E-state index in [4.69, 9.17) is 9.47 Å². The zero-order valence-corrected chi connectivity index (χ0v) is 23.2. The average molecular weight is 533 g/mol. The lowest BCUT2D eigenvalue weighted by Gasteiger charge is -2.27. The van der Waals surface area contributed by atoms with Crippen LogP contribution in [0.1, 0.15) is 33.9 Å². The van der Waals surface area contributed by atoms with Gasteiger partial charge in [0.25, 0.3) is 0 Å². The summed E-state index contributed by atoms with van der Waals surface area (Å²) in [6, 6.07) is 18.0. The molecule has 1 heterocycles. The van der Waals surface area contributed by atoms with Crippen molar-refractivity contribution < 1.29 is 19.1 Å². The van der Waals surface area contributed by atoms with Gasteiger partial charge >= 0.3 is 0 Å². The molecule has 7 heteroatoms. The van der Waals surface area contributed by atoms with Crippen molar-refractivity contribution in [2.75, 3.05) is 33.9 Å². The van der Waals surface area contributed by atoms with Gasteiger partial charge in [-0.1, -0.05) is 42.5 Å². The minimum Gasteiger partial charge on any atom is -0.493 e. The Kier molecular flexibility index (Phi) is 9.24. The molecule has 3 aromatic rings. The van der Waals surface area contributed by atoms with Gasteiger partial charge in [0.05, 0.1) is 20.8 Å². The summed E-state index contributed by atoms with van der Waals surface area (Å²) in [5.41, 5.74) is 3.40. The smallest absolute Gasteiger partial charge is 0.242 e. The summed E-state index contributed by atoms with van der Waals surface area (Å²) in [6.07, 6.45) is 3.18. The lowest BCUT2D eigenvalue weighted by Crippen LogP contribution is -2.44. The minimum absolute atomic E-state index is 0.0271. The van der Waals surface area contributed by atoms with Crippen LogP contribution in [0.15, 0.2) is 72.6 Å². The third-order valence-electron chi connectivity index (χ3n) is 7.10. The molecule has 4 rings (SSSR count). The highest BCUT2D eigenvalue weighted by Crippen LogP contribution is 2.48. The Balaban J connectivity index is 1.46. The number of thiophene rings is 1. The number of benzene rings is 2. The van der Waals surface area contributed by atoms with Crippen molar-refractivity contribution >= 4 is 23.2 Å². The molecule has 2 aromatic carbocycles. The van der Waals surface area contributed by atoms with Crippen LogP contribution in [0.2, 0.25) is 0 Å². The zero-order valence-electron chi connectivity index (χ0n) is 22.4. The van der Waals surface area contributed by atoms with Crippen LogP contribution in [0.5, 0.6) is 11.5 Å². The second kappa shape index (κ2) is 12.8. The molecule has 1 aliphatic rings. The maximum Gasteiger partial charge on any atom is 0.242 e. The first-order valence-corrected chi connectivity index (χ1v) is 13.8. The standard InChI is InChI=1S/C31H36N2O4S/c1-5-15-33(31(35)26-19-25(26)24-9-7-6-8-10-24)21-30(34)32(20-29-22(2)14-17-38-29)16-13-23-11-12-27(36-3)28(18-23)37-4/h5-12,14,17-18,25-26H,1,13,15-16,19-21H2,2-4H3. The Bertz CT molecular complexity index is 1260. The summed E-state index contributed by atoms with van der Waals surface area (Å²) in [6.45, 7) is 7.33. The summed E-state index contributed by atoms with van der Waals surface area (Å²) in [5, 5.41) is 2.05. The van der Waals surface area contributed by atoms with Crippen LogP contribution in [0.3, 0.4) is 0 Å². The fraction of sp³-hybridized carbons (Fsp3) is 0.355. The highest BCUT2D eigenvalue weighted by molar-refractivity contribution is 7.10. The van der Waals surface area contributed by atoms with Gasteiger partial charge in [-0.2, -0.15) is 0 Å². The Morgan fingerprint density at radius 3 is 2.47 bits per heavy atom. The summed E-state index contributed by atoms with van der Waals surface area (Å²) >= 11 is 1.65. The Morgan fingerprint density at radius 2 is 1.82 bits per heavy atom. The molecule has 1 fully saturated rings. The zero-order chi connectivity index (χ0) is 27.1. The number of carbonyl (C=O) groups excluding carboxylic acids is 2. The van der Waals surface area contributed by atoms with Crippen molar-refractivity contribution in [1.82, 2.24) is 9.80 Å². The number of hydrogen-bond acceptors (Lipinski definition) is 5. The first kappa shape index (κ1) is 27.5. The highest BCUT2D eigenvalue weighted by atomic mass is 32.1. The van der Waals surface area contributed by atoms with E-state index < -0.39 is 0 Å². The SMILES string of the molecule is C=CCN(CC(=O)N(CCc1ccc(OC)c(OC)c1)Cc1sccc1C)C(=O)C1CC1c1ccccc1. The van der Waals surface area contributed by atoms with E-state index in [-0.39, 0.29) is 30.2 Å². The number of carbonyl (C=O) groups is 2. The third-order valence-corrected chi connectivity index (χ3v) is 8.10. The predicted molar refractivity (Wildman–Crippen MR) is 152 cm³/mol. The van der Waals surface area contributed by atoms with Crippen LogP contribution in [0.25, 0.3) is 0 Å². The highest BCUT2D eigenvalue weighted by Gasteiger charge is 2.45. The number of ether oxygens (including phenoxy) is 2. The van der Waals surface area contributed by atoms with Crippen molar-refractivity contribution in [1.29, 1.82) is 0 Å². The van der Waals surface area contributed by atoms with Gasteiger partial charge in [-0.25, -0.2) is 0 Å². The molecule has 1 aliphatic carbocycles. The molecule has 2 unspecified atom stereocenters. The van der Waals surface area contributed by atoms with Gasteiger partial charge < -0.3 is 19.3 Å². The van der Waals surface area contributed by atoms with Crippen LogP contribution in [0.4, 0.5) is 0 Å². The van der Waals surface area contributed by atoms with E-state index in [0.717, 1.165) is 16.9 Å². The van der Waals surface area contributed by atoms with E-state index >= 15 is 0 Å². The number of amides is 2. The van der Waals surface area contributed by atoms with Gasteiger partial charge in [-0.3, -0.25) is 9.59 Å². The van der Waals surface area contributed by atoms with Gasteiger partial charge in [-0.15, -0.1) is 17.9 Å². The first-order valence-electron chi connectivity index (χ1n) is 12.9. The minimum atomic E-state index is -0.0788. The van der Waals surface area contributed by atoms with E-state index in [1.54, 1.807) is 36.5 Å². The molecule has 0 N–H and O–H groups in total. The molecule has 0 spiro atoms. The van der Waals surface area contributed by atoms with E-state index in [1.807, 2.05) is 46.7 Å². The van der Waals surface area contributed by atoms with Gasteiger partial charge in [0.2, 0.25) is 11.8 Å². The Labute approximate surface area is 229 Å². The molecule has 0 saturated heterocycles. The summed E-state index contributed by atoms with van der Waals surface area (Å²) in [5.74, 6) is 1.44. The van der Waals surface area contributed by atoms with Gasteiger partial charge in [0.15, 0.2) is 11.5 Å². The molecule has 2 amide bonds. The Hall–Kier alpha value is -3.58. The summed E-state index contributed by atoms with van der Waals surface area (Å²) in [4.78, 5) is 31.7. The van der Waals surface area contributed by atoms with E-state index in [9.17, 15) is 9.59 Å². The Morgan fingerprint density at radius 1 is 1.05 bits per heavy atom. The van der Waals surface area contributed by atoms with Crippen LogP contribution in [-0.4, -0.2) is 55.5 Å². The lowest BCUT2D eigenvalue weighted by molar-refractivity contribution is -0.141. The molecule has 200 valence electrons. The largest absolute Gasteiger partial charge is 0.493 e. The number of nitrogens with zero attached hydrogens (tertiary/aromatic N) is 2. The number of methoxy groups -OCH3 is 2. The van der Waals surface area contributed by atoms with Gasteiger partial charge in [-0.05, 0) is 66.0 Å². The van der Waals surface area contributed by atoms with Crippen molar-refractivity contribution in [2.45, 2.75) is 32.2 Å². The van der Waals surface area contributed by atoms with Crippen molar-refractivity contribution in [3.05, 3.63) is 94.2 Å². The number of hydrogen-bond donors (Lipinski definition) is 0. The fourth-order valence-electron chi connectivity index (χ4n) is 4.75. The summed E-state index contributed by atoms with van der Waals surface area (Å²) < 4.78 is 10.8. The molecule has 2 atom stereocenters. The van der Waals surface area contributed by atoms with Crippen molar-refractivity contribution in [3.8, 4) is 11.5 Å². The van der Waals surface area contributed by atoms with Gasteiger partial charge in [0, 0.05) is 23.9 Å². The molecular weight excluding hydrogens is 496 g/mol. The second-order valence-electron chi connectivity index (χ2n) is 9.65. The monoisotopic (exact) mass is 532 g/mol. The number of aryl methyl sites for hydroxylation is 1. The van der Waals surface area contributed by atoms with Crippen LogP contribution >= 0.6 is 11.3 Å². The molecule has 6 nitrogen and oxygen atoms in total. The van der Waals surface area contributed by atoms with E-state index in [1.165, 1.54) is 11.1 Å². The maximum atomic E-state index is 13.7. The molecule has 1 saturated carbocycles. The third kappa shape index (κ3) is 6.64. The number of rotatable bonds is 13. The lowest BCUT2D eigenvalue weighted by atomic mass is 10.1. The van der Waals surface area contributed by atoms with Crippen molar-refractivity contribution in [3.63, 3.8) is 0 Å². The quantitative estimate of drug-likeness (QED) is 0.274. The topological polar surface area (TPSA) is 59.1 Å². The average Bonchev–Trinajstić information content (AvgIpc) is 3.65. The van der Waals surface area contributed by atoms with Crippen LogP contribution in [-0.2, 0) is 22.6 Å². The second-order valence-corrected chi connectivity index (χ2v) is 10.6. The predicted octanol–water partition coefficient (Wildman–Crippen LogP) is 5.46. The fourth-order valence-corrected chi connectivity index (χ4v) is 5.67. The summed E-state index contributed by atoms with van der Waals surface area (Å²) in [7, 11) is 3.23. The van der Waals surface area contributed by atoms with Gasteiger partial charge in [0.1, 0.15) is 6.54 Å². The normalized spacial score (nSPS) is 16.0. The van der Waals surface area contributed by atoms with Crippen LogP contribution < -0.4 is 9.47 Å².